The Hall–Kier alpha value is -1.13. The lowest BCUT2D eigenvalue weighted by atomic mass is 10.3. The van der Waals surface area contributed by atoms with Gasteiger partial charge in [-0.1, -0.05) is 11.6 Å². The number of carbonyl (C=O) groups excluding carboxylic acids is 1. The van der Waals surface area contributed by atoms with Crippen LogP contribution in [0.3, 0.4) is 0 Å². The number of hydrogen-bond acceptors (Lipinski definition) is 2. The molecule has 0 aliphatic rings. The molecule has 0 aliphatic heterocycles. The summed E-state index contributed by atoms with van der Waals surface area (Å²) in [6, 6.07) is 3.82. The summed E-state index contributed by atoms with van der Waals surface area (Å²) in [4.78, 5) is 12.5. The van der Waals surface area contributed by atoms with Crippen molar-refractivity contribution in [1.82, 2.24) is 0 Å². The molecule has 1 aromatic carbocycles. The number of nitrogens with two attached hydrogens (primary N) is 1. The molecule has 1 rings (SSSR count). The molecule has 0 radical (unpaired) electrons. The first-order valence-corrected chi connectivity index (χ1v) is 4.35. The SMILES string of the molecule is CN(C(=O)CN)c1ccc(F)cc1Cl. The van der Waals surface area contributed by atoms with Gasteiger partial charge in [-0.25, -0.2) is 4.39 Å². The van der Waals surface area contributed by atoms with Crippen LogP contribution >= 0.6 is 11.6 Å². The predicted molar refractivity (Wildman–Crippen MR) is 53.9 cm³/mol. The van der Waals surface area contributed by atoms with Crippen molar-refractivity contribution in [2.75, 3.05) is 18.5 Å². The average molecular weight is 217 g/mol. The van der Waals surface area contributed by atoms with Gasteiger partial charge in [0.15, 0.2) is 0 Å². The van der Waals surface area contributed by atoms with Gasteiger partial charge in [0, 0.05) is 7.05 Å². The number of hydrogen-bond donors (Lipinski definition) is 1. The Morgan fingerprint density at radius 3 is 2.79 bits per heavy atom. The van der Waals surface area contributed by atoms with Crippen molar-refractivity contribution in [1.29, 1.82) is 0 Å². The lowest BCUT2D eigenvalue weighted by molar-refractivity contribution is -0.117. The monoisotopic (exact) mass is 216 g/mol. The molecule has 1 amide bonds. The van der Waals surface area contributed by atoms with Crippen molar-refractivity contribution in [2.45, 2.75) is 0 Å². The molecule has 0 atom stereocenters. The maximum absolute atomic E-state index is 12.7. The van der Waals surface area contributed by atoms with Gasteiger partial charge in [0.05, 0.1) is 17.3 Å². The molecule has 5 heteroatoms. The summed E-state index contributed by atoms with van der Waals surface area (Å²) < 4.78 is 12.7. The predicted octanol–water partition coefficient (Wildman–Crippen LogP) is 1.40. The Morgan fingerprint density at radius 2 is 2.29 bits per heavy atom. The van der Waals surface area contributed by atoms with E-state index in [1.165, 1.54) is 24.1 Å². The maximum Gasteiger partial charge on any atom is 0.240 e. The molecule has 14 heavy (non-hydrogen) atoms. The summed E-state index contributed by atoms with van der Waals surface area (Å²) in [6.45, 7) is -0.107. The van der Waals surface area contributed by atoms with E-state index in [1.54, 1.807) is 0 Å². The molecule has 3 nitrogen and oxygen atoms in total. The van der Waals surface area contributed by atoms with Crippen molar-refractivity contribution in [3.63, 3.8) is 0 Å². The first-order valence-electron chi connectivity index (χ1n) is 3.98. The number of anilines is 1. The molecular weight excluding hydrogens is 207 g/mol. The number of benzene rings is 1. The summed E-state index contributed by atoms with van der Waals surface area (Å²) >= 11 is 5.75. The third kappa shape index (κ3) is 2.21. The van der Waals surface area contributed by atoms with Crippen LogP contribution in [0.2, 0.25) is 5.02 Å². The molecule has 0 saturated carbocycles. The van der Waals surface area contributed by atoms with E-state index in [-0.39, 0.29) is 17.5 Å². The number of halogens is 2. The molecular formula is C9H10ClFN2O. The van der Waals surface area contributed by atoms with Gasteiger partial charge in [-0.2, -0.15) is 0 Å². The minimum atomic E-state index is -0.438. The molecule has 0 bridgehead atoms. The van der Waals surface area contributed by atoms with E-state index in [9.17, 15) is 9.18 Å². The van der Waals surface area contributed by atoms with Gasteiger partial charge in [0.25, 0.3) is 0 Å². The molecule has 0 fully saturated rings. The Labute approximate surface area is 86.3 Å². The van der Waals surface area contributed by atoms with Crippen molar-refractivity contribution in [3.8, 4) is 0 Å². The van der Waals surface area contributed by atoms with Crippen LogP contribution in [-0.2, 0) is 4.79 Å². The fourth-order valence-corrected chi connectivity index (χ4v) is 1.32. The summed E-state index contributed by atoms with van der Waals surface area (Å²) in [6.07, 6.45) is 0. The highest BCUT2D eigenvalue weighted by Gasteiger charge is 2.12. The number of nitrogens with zero attached hydrogens (tertiary/aromatic N) is 1. The highest BCUT2D eigenvalue weighted by atomic mass is 35.5. The zero-order valence-corrected chi connectivity index (χ0v) is 8.38. The summed E-state index contributed by atoms with van der Waals surface area (Å²) in [5.41, 5.74) is 5.63. The Kier molecular flexibility index (Phi) is 3.43. The van der Waals surface area contributed by atoms with Crippen LogP contribution in [-0.4, -0.2) is 19.5 Å². The van der Waals surface area contributed by atoms with Crippen LogP contribution in [0.4, 0.5) is 10.1 Å². The van der Waals surface area contributed by atoms with Gasteiger partial charge in [-0.15, -0.1) is 0 Å². The molecule has 0 unspecified atom stereocenters. The van der Waals surface area contributed by atoms with Gasteiger partial charge in [-0.3, -0.25) is 4.79 Å². The first kappa shape index (κ1) is 10.9. The second kappa shape index (κ2) is 4.39. The molecule has 0 aliphatic carbocycles. The van der Waals surface area contributed by atoms with Crippen molar-refractivity contribution in [2.24, 2.45) is 5.73 Å². The Balaban J connectivity index is 3.01. The third-order valence-electron chi connectivity index (χ3n) is 1.82. The van der Waals surface area contributed by atoms with E-state index < -0.39 is 5.82 Å². The highest BCUT2D eigenvalue weighted by molar-refractivity contribution is 6.33. The van der Waals surface area contributed by atoms with Gasteiger partial charge in [0.1, 0.15) is 5.82 Å². The zero-order valence-electron chi connectivity index (χ0n) is 7.63. The number of carbonyl (C=O) groups is 1. The fraction of sp³-hybridized carbons (Fsp3) is 0.222. The van der Waals surface area contributed by atoms with Crippen molar-refractivity contribution in [3.05, 3.63) is 29.0 Å². The lowest BCUT2D eigenvalue weighted by Crippen LogP contribution is -2.32. The Bertz CT molecular complexity index is 357. The fourth-order valence-electron chi connectivity index (χ4n) is 1.02. The van der Waals surface area contributed by atoms with Crippen molar-refractivity contribution < 1.29 is 9.18 Å². The largest absolute Gasteiger partial charge is 0.322 e. The molecule has 0 heterocycles. The second-order valence-electron chi connectivity index (χ2n) is 2.75. The van der Waals surface area contributed by atoms with E-state index >= 15 is 0 Å². The van der Waals surface area contributed by atoms with E-state index in [1.807, 2.05) is 0 Å². The standard InChI is InChI=1S/C9H10ClFN2O/c1-13(9(14)5-12)8-3-2-6(11)4-7(8)10/h2-4H,5,12H2,1H3. The van der Waals surface area contributed by atoms with E-state index in [0.717, 1.165) is 6.07 Å². The lowest BCUT2D eigenvalue weighted by Gasteiger charge is -2.17. The normalized spacial score (nSPS) is 10.0. The third-order valence-corrected chi connectivity index (χ3v) is 2.12. The van der Waals surface area contributed by atoms with Crippen LogP contribution < -0.4 is 10.6 Å². The van der Waals surface area contributed by atoms with E-state index in [0.29, 0.717) is 5.69 Å². The van der Waals surface area contributed by atoms with Crippen LogP contribution in [0.15, 0.2) is 18.2 Å². The minimum absolute atomic E-state index is 0.107. The maximum atomic E-state index is 12.7. The van der Waals surface area contributed by atoms with Crippen LogP contribution in [0.25, 0.3) is 0 Å². The van der Waals surface area contributed by atoms with E-state index in [2.05, 4.69) is 0 Å². The van der Waals surface area contributed by atoms with Gasteiger partial charge < -0.3 is 10.6 Å². The van der Waals surface area contributed by atoms with Gasteiger partial charge in [-0.05, 0) is 18.2 Å². The first-order chi connectivity index (χ1) is 6.56. The minimum Gasteiger partial charge on any atom is -0.322 e. The number of amides is 1. The van der Waals surface area contributed by atoms with Crippen molar-refractivity contribution >= 4 is 23.2 Å². The van der Waals surface area contributed by atoms with Crippen LogP contribution in [0, 0.1) is 5.82 Å². The van der Waals surface area contributed by atoms with Gasteiger partial charge >= 0.3 is 0 Å². The highest BCUT2D eigenvalue weighted by Crippen LogP contribution is 2.25. The molecule has 76 valence electrons. The smallest absolute Gasteiger partial charge is 0.240 e. The average Bonchev–Trinajstić information content (AvgIpc) is 2.15. The molecule has 0 spiro atoms. The van der Waals surface area contributed by atoms with E-state index in [4.69, 9.17) is 17.3 Å². The van der Waals surface area contributed by atoms with Crippen LogP contribution in [0.1, 0.15) is 0 Å². The summed E-state index contributed by atoms with van der Waals surface area (Å²) in [7, 11) is 1.54. The van der Waals surface area contributed by atoms with Crippen LogP contribution in [0.5, 0.6) is 0 Å². The van der Waals surface area contributed by atoms with Gasteiger partial charge in [0.2, 0.25) is 5.91 Å². The number of likely N-dealkylation sites (N-methyl/N-ethyl adjacent to an activating group) is 1. The Morgan fingerprint density at radius 1 is 1.64 bits per heavy atom. The number of rotatable bonds is 2. The summed E-state index contributed by atoms with van der Waals surface area (Å²) in [5.74, 6) is -0.717. The molecule has 1 aromatic rings. The second-order valence-corrected chi connectivity index (χ2v) is 3.16. The quantitative estimate of drug-likeness (QED) is 0.813. The molecule has 2 N–H and O–H groups in total. The topological polar surface area (TPSA) is 46.3 Å². The molecule has 0 aromatic heterocycles. The zero-order chi connectivity index (χ0) is 10.7. The molecule has 0 saturated heterocycles. The summed E-state index contributed by atoms with van der Waals surface area (Å²) in [5, 5.41) is 0.189.